The van der Waals surface area contributed by atoms with Gasteiger partial charge in [-0.3, -0.25) is 0 Å². The molecule has 0 amide bonds. The molecule has 3 nitrogen and oxygen atoms in total. The highest BCUT2D eigenvalue weighted by atomic mass is 19.1. The summed E-state index contributed by atoms with van der Waals surface area (Å²) in [6.45, 7) is 0. The Kier molecular flexibility index (Phi) is 6.19. The molecule has 0 spiro atoms. The van der Waals surface area contributed by atoms with Gasteiger partial charge in [0.1, 0.15) is 34.7 Å². The molecule has 0 radical (unpaired) electrons. The summed E-state index contributed by atoms with van der Waals surface area (Å²) in [6.07, 6.45) is 0. The minimum absolute atomic E-state index is 0.332. The molecule has 0 saturated carbocycles. The number of hydrogen-bond donors (Lipinski definition) is 0. The lowest BCUT2D eigenvalue weighted by Gasteiger charge is -2.35. The Morgan fingerprint density at radius 2 is 0.682 bits per heavy atom. The molecule has 3 heterocycles. The lowest BCUT2D eigenvalue weighted by Crippen LogP contribution is -2.41. The van der Waals surface area contributed by atoms with Crippen molar-refractivity contribution in [2.75, 3.05) is 0 Å². The van der Waals surface area contributed by atoms with Gasteiger partial charge in [0.05, 0.1) is 0 Å². The molecule has 0 fully saturated rings. The van der Waals surface area contributed by atoms with E-state index in [4.69, 9.17) is 14.0 Å². The van der Waals surface area contributed by atoms with E-state index in [1.165, 1.54) is 36.4 Å². The highest BCUT2D eigenvalue weighted by Gasteiger charge is 2.43. The predicted octanol–water partition coefficient (Wildman–Crippen LogP) is 9.43. The van der Waals surface area contributed by atoms with E-state index in [1.807, 2.05) is 54.6 Å². The number of para-hydroxylation sites is 3. The van der Waals surface area contributed by atoms with Crippen LogP contribution in [0.4, 0.5) is 13.2 Å². The molecule has 0 aromatic heterocycles. The summed E-state index contributed by atoms with van der Waals surface area (Å²) in [5.41, 5.74) is 7.26. The van der Waals surface area contributed by atoms with Crippen LogP contribution in [0.5, 0.6) is 17.2 Å². The number of halogens is 3. The molecule has 0 aliphatic carbocycles. The smallest absolute Gasteiger partial charge is 0.489 e. The fraction of sp³-hybridized carbons (Fsp3) is 0.0270. The lowest BCUT2D eigenvalue weighted by molar-refractivity contribution is 0.294. The number of rotatable bonds is 3. The van der Waals surface area contributed by atoms with Crippen molar-refractivity contribution in [3.63, 3.8) is 0 Å². The molecule has 6 aromatic carbocycles. The zero-order valence-electron chi connectivity index (χ0n) is 23.1. The monoisotopic (exact) mass is 582 g/mol. The van der Waals surface area contributed by atoms with E-state index in [0.29, 0.717) is 17.2 Å². The van der Waals surface area contributed by atoms with Gasteiger partial charge in [-0.05, 0) is 53.1 Å². The highest BCUT2D eigenvalue weighted by molar-refractivity contribution is 6.40. The first-order valence-corrected chi connectivity index (χ1v) is 14.2. The van der Waals surface area contributed by atoms with Crippen LogP contribution in [-0.2, 0) is 0 Å². The fourth-order valence-electron chi connectivity index (χ4n) is 6.17. The molecule has 0 N–H and O–H groups in total. The summed E-state index contributed by atoms with van der Waals surface area (Å²) in [4.78, 5) is 0. The summed E-state index contributed by atoms with van der Waals surface area (Å²) >= 11 is 0. The standard InChI is InChI=1S/C37H22BF3O3/c39-25-16-10-22(11-17-25)28-4-1-7-31-34-32-8-2-5-29(23-12-18-26(40)19-13-23)36(32)43-38(42-35(28)31)44-37-30(6-3-9-33(34)37)24-14-20-27(41)21-15-24/h1-21,34H. The van der Waals surface area contributed by atoms with Crippen molar-refractivity contribution in [2.45, 2.75) is 5.92 Å². The van der Waals surface area contributed by atoms with Gasteiger partial charge in [0.25, 0.3) is 0 Å². The van der Waals surface area contributed by atoms with Crippen LogP contribution in [-0.4, -0.2) is 7.32 Å². The van der Waals surface area contributed by atoms with Crippen molar-refractivity contribution in [3.8, 4) is 50.6 Å². The van der Waals surface area contributed by atoms with Gasteiger partial charge in [0, 0.05) is 39.3 Å². The molecule has 0 unspecified atom stereocenters. The molecule has 7 heteroatoms. The maximum atomic E-state index is 13.9. The molecule has 3 aliphatic rings. The minimum atomic E-state index is -1.24. The third-order valence-electron chi connectivity index (χ3n) is 8.18. The first kappa shape index (κ1) is 26.2. The van der Waals surface area contributed by atoms with E-state index in [9.17, 15) is 13.2 Å². The van der Waals surface area contributed by atoms with Gasteiger partial charge in [0.15, 0.2) is 0 Å². The number of hydrogen-bond acceptors (Lipinski definition) is 3. The minimum Gasteiger partial charge on any atom is -0.489 e. The predicted molar refractivity (Wildman–Crippen MR) is 164 cm³/mol. The lowest BCUT2D eigenvalue weighted by atomic mass is 9.78. The molecule has 6 aromatic rings. The van der Waals surface area contributed by atoms with E-state index < -0.39 is 13.2 Å². The second-order valence-electron chi connectivity index (χ2n) is 10.8. The van der Waals surface area contributed by atoms with E-state index >= 15 is 0 Å². The Balaban J connectivity index is 1.41. The van der Waals surface area contributed by atoms with Crippen molar-refractivity contribution in [2.24, 2.45) is 0 Å². The quantitative estimate of drug-likeness (QED) is 0.195. The van der Waals surface area contributed by atoms with Crippen LogP contribution in [0.1, 0.15) is 22.6 Å². The van der Waals surface area contributed by atoms with Crippen molar-refractivity contribution < 1.29 is 27.1 Å². The first-order valence-electron chi connectivity index (χ1n) is 14.2. The van der Waals surface area contributed by atoms with Crippen molar-refractivity contribution in [1.82, 2.24) is 0 Å². The maximum Gasteiger partial charge on any atom is 0.864 e. The van der Waals surface area contributed by atoms with Gasteiger partial charge in [0.2, 0.25) is 0 Å². The Hall–Kier alpha value is -5.43. The summed E-state index contributed by atoms with van der Waals surface area (Å²) < 4.78 is 61.4. The molecule has 0 atom stereocenters. The Labute approximate surface area is 252 Å². The second kappa shape index (κ2) is 10.4. The molecule has 44 heavy (non-hydrogen) atoms. The van der Waals surface area contributed by atoms with E-state index in [2.05, 4.69) is 0 Å². The van der Waals surface area contributed by atoms with Crippen molar-refractivity contribution in [1.29, 1.82) is 0 Å². The third-order valence-corrected chi connectivity index (χ3v) is 8.18. The van der Waals surface area contributed by atoms with Crippen molar-refractivity contribution in [3.05, 3.63) is 162 Å². The van der Waals surface area contributed by atoms with E-state index in [-0.39, 0.29) is 17.5 Å². The SMILES string of the molecule is Fc1ccc(-c2cccc3c2OB2Oc4c(-c5ccc(F)cc5)cccc4C3c3cccc(-c4ccc(F)cc4)c3O2)cc1. The molecule has 212 valence electrons. The molecular formula is C37H22BF3O3. The summed E-state index contributed by atoms with van der Waals surface area (Å²) in [5.74, 6) is 0.265. The Morgan fingerprint density at radius 3 is 0.977 bits per heavy atom. The molecule has 2 bridgehead atoms. The van der Waals surface area contributed by atoms with Crippen LogP contribution in [0.2, 0.25) is 0 Å². The highest BCUT2D eigenvalue weighted by Crippen LogP contribution is 2.53. The van der Waals surface area contributed by atoms with Gasteiger partial charge < -0.3 is 14.0 Å². The van der Waals surface area contributed by atoms with E-state index in [1.54, 1.807) is 36.4 Å². The topological polar surface area (TPSA) is 27.7 Å². The van der Waals surface area contributed by atoms with Crippen LogP contribution in [0.15, 0.2) is 127 Å². The largest absolute Gasteiger partial charge is 0.864 e. The normalized spacial score (nSPS) is 13.3. The second-order valence-corrected chi connectivity index (χ2v) is 10.8. The maximum absolute atomic E-state index is 13.9. The summed E-state index contributed by atoms with van der Waals surface area (Å²) in [7, 11) is -1.24. The summed E-state index contributed by atoms with van der Waals surface area (Å²) in [6, 6.07) is 36.5. The van der Waals surface area contributed by atoms with Gasteiger partial charge in [-0.15, -0.1) is 0 Å². The van der Waals surface area contributed by atoms with Gasteiger partial charge in [-0.25, -0.2) is 13.2 Å². The third kappa shape index (κ3) is 4.40. The molecule has 0 saturated heterocycles. The van der Waals surface area contributed by atoms with Gasteiger partial charge in [-0.2, -0.15) is 0 Å². The average Bonchev–Trinajstić information content (AvgIpc) is 3.02. The van der Waals surface area contributed by atoms with Crippen LogP contribution in [0.25, 0.3) is 33.4 Å². The number of benzene rings is 6. The zero-order valence-corrected chi connectivity index (χ0v) is 23.1. The molecule has 3 aliphatic heterocycles. The Morgan fingerprint density at radius 1 is 0.386 bits per heavy atom. The zero-order chi connectivity index (χ0) is 29.8. The molecular weight excluding hydrogens is 560 g/mol. The summed E-state index contributed by atoms with van der Waals surface area (Å²) in [5, 5.41) is 0. The van der Waals surface area contributed by atoms with Crippen molar-refractivity contribution >= 4 is 7.32 Å². The van der Waals surface area contributed by atoms with Crippen LogP contribution >= 0.6 is 0 Å². The Bertz CT molecular complexity index is 1790. The average molecular weight is 582 g/mol. The molecule has 9 rings (SSSR count). The van der Waals surface area contributed by atoms with Crippen LogP contribution < -0.4 is 14.0 Å². The van der Waals surface area contributed by atoms with Crippen LogP contribution in [0, 0.1) is 17.5 Å². The van der Waals surface area contributed by atoms with Gasteiger partial charge >= 0.3 is 7.32 Å². The first-order chi connectivity index (χ1) is 21.5. The van der Waals surface area contributed by atoms with Crippen LogP contribution in [0.3, 0.4) is 0 Å². The van der Waals surface area contributed by atoms with Gasteiger partial charge in [-0.1, -0.05) is 91.0 Å². The van der Waals surface area contributed by atoms with E-state index in [0.717, 1.165) is 50.1 Å². The fourth-order valence-corrected chi connectivity index (χ4v) is 6.17.